The smallest absolute Gasteiger partial charge is 0.220 e. The number of unbranched alkanes of at least 4 members (excludes halogenated alkanes) is 3. The van der Waals surface area contributed by atoms with Gasteiger partial charge in [0.15, 0.2) is 0 Å². The van der Waals surface area contributed by atoms with Crippen LogP contribution in [0.5, 0.6) is 0 Å². The van der Waals surface area contributed by atoms with Crippen LogP contribution in [0.25, 0.3) is 0 Å². The summed E-state index contributed by atoms with van der Waals surface area (Å²) >= 11 is 0. The van der Waals surface area contributed by atoms with Crippen LogP contribution in [0.1, 0.15) is 46.0 Å². The molecule has 0 saturated heterocycles. The van der Waals surface area contributed by atoms with Gasteiger partial charge in [-0.15, -0.1) is 0 Å². The predicted molar refractivity (Wildman–Crippen MR) is 53.4 cm³/mol. The van der Waals surface area contributed by atoms with Gasteiger partial charge in [-0.1, -0.05) is 26.2 Å². The summed E-state index contributed by atoms with van der Waals surface area (Å²) in [7, 11) is 0. The van der Waals surface area contributed by atoms with Crippen molar-refractivity contribution in [3.63, 3.8) is 0 Å². The van der Waals surface area contributed by atoms with E-state index in [1.54, 1.807) is 6.92 Å². The average molecular weight is 187 g/mol. The van der Waals surface area contributed by atoms with Crippen molar-refractivity contribution in [2.75, 3.05) is 6.61 Å². The van der Waals surface area contributed by atoms with Gasteiger partial charge >= 0.3 is 0 Å². The Morgan fingerprint density at radius 1 is 1.38 bits per heavy atom. The molecule has 0 bridgehead atoms. The van der Waals surface area contributed by atoms with Crippen LogP contribution >= 0.6 is 0 Å². The molecule has 1 atom stereocenters. The highest BCUT2D eigenvalue weighted by molar-refractivity contribution is 5.76. The molecule has 0 aliphatic rings. The van der Waals surface area contributed by atoms with Gasteiger partial charge in [-0.25, -0.2) is 0 Å². The highest BCUT2D eigenvalue weighted by Gasteiger charge is 2.04. The summed E-state index contributed by atoms with van der Waals surface area (Å²) in [6.07, 6.45) is 5.05. The minimum absolute atomic E-state index is 0.0146. The molecule has 0 saturated carbocycles. The summed E-state index contributed by atoms with van der Waals surface area (Å²) in [6.45, 7) is 3.96. The van der Waals surface area contributed by atoms with Crippen LogP contribution in [-0.2, 0) is 4.79 Å². The molecule has 0 unspecified atom stereocenters. The van der Waals surface area contributed by atoms with Gasteiger partial charge in [0.2, 0.25) is 5.91 Å². The van der Waals surface area contributed by atoms with Crippen LogP contribution in [0.15, 0.2) is 0 Å². The number of hydrogen-bond acceptors (Lipinski definition) is 2. The summed E-state index contributed by atoms with van der Waals surface area (Å²) in [5, 5.41) is 11.4. The number of hydrogen-bond donors (Lipinski definition) is 2. The molecule has 0 radical (unpaired) electrons. The van der Waals surface area contributed by atoms with Gasteiger partial charge in [-0.05, 0) is 13.3 Å². The van der Waals surface area contributed by atoms with E-state index in [1.165, 1.54) is 12.8 Å². The average Bonchev–Trinajstić information content (AvgIpc) is 2.12. The lowest BCUT2D eigenvalue weighted by Crippen LogP contribution is -2.34. The zero-order valence-corrected chi connectivity index (χ0v) is 8.68. The van der Waals surface area contributed by atoms with E-state index in [9.17, 15) is 4.79 Å². The number of nitrogens with one attached hydrogen (secondary N) is 1. The number of aliphatic hydroxyl groups is 1. The van der Waals surface area contributed by atoms with Crippen molar-refractivity contribution in [2.45, 2.75) is 52.0 Å². The van der Waals surface area contributed by atoms with Gasteiger partial charge in [0, 0.05) is 12.5 Å². The van der Waals surface area contributed by atoms with E-state index in [0.717, 1.165) is 12.8 Å². The third-order valence-electron chi connectivity index (χ3n) is 1.94. The Hall–Kier alpha value is -0.570. The fourth-order valence-corrected chi connectivity index (χ4v) is 1.10. The molecule has 0 heterocycles. The van der Waals surface area contributed by atoms with E-state index < -0.39 is 0 Å². The highest BCUT2D eigenvalue weighted by atomic mass is 16.3. The highest BCUT2D eigenvalue weighted by Crippen LogP contribution is 2.02. The van der Waals surface area contributed by atoms with E-state index in [1.807, 2.05) is 0 Å². The zero-order valence-electron chi connectivity index (χ0n) is 8.68. The lowest BCUT2D eigenvalue weighted by molar-refractivity contribution is -0.122. The van der Waals surface area contributed by atoms with Gasteiger partial charge < -0.3 is 10.4 Å². The fraction of sp³-hybridized carbons (Fsp3) is 0.900. The SMILES string of the molecule is CCCCCCC(=O)N[C@H](C)CO. The lowest BCUT2D eigenvalue weighted by Gasteiger charge is -2.10. The quantitative estimate of drug-likeness (QED) is 0.593. The van der Waals surface area contributed by atoms with Crippen molar-refractivity contribution in [2.24, 2.45) is 0 Å². The summed E-state index contributed by atoms with van der Waals surface area (Å²) in [5.41, 5.74) is 0. The molecule has 0 aromatic carbocycles. The van der Waals surface area contributed by atoms with Crippen molar-refractivity contribution in [1.29, 1.82) is 0 Å². The first kappa shape index (κ1) is 12.4. The van der Waals surface area contributed by atoms with Crippen molar-refractivity contribution in [3.8, 4) is 0 Å². The summed E-state index contributed by atoms with van der Waals surface area (Å²) in [4.78, 5) is 11.2. The largest absolute Gasteiger partial charge is 0.394 e. The van der Waals surface area contributed by atoms with E-state index >= 15 is 0 Å². The molecule has 0 aromatic heterocycles. The molecular formula is C10H21NO2. The Morgan fingerprint density at radius 2 is 2.08 bits per heavy atom. The molecule has 1 amide bonds. The van der Waals surface area contributed by atoms with Crippen LogP contribution < -0.4 is 5.32 Å². The van der Waals surface area contributed by atoms with E-state index in [0.29, 0.717) is 6.42 Å². The van der Waals surface area contributed by atoms with Gasteiger partial charge in [-0.2, -0.15) is 0 Å². The summed E-state index contributed by atoms with van der Waals surface area (Å²) < 4.78 is 0. The first-order valence-corrected chi connectivity index (χ1v) is 5.11. The Morgan fingerprint density at radius 3 is 2.62 bits per heavy atom. The summed E-state index contributed by atoms with van der Waals surface area (Å²) in [5.74, 6) is 0.0534. The van der Waals surface area contributed by atoms with Crippen LogP contribution in [0.2, 0.25) is 0 Å². The predicted octanol–water partition coefficient (Wildman–Crippen LogP) is 1.45. The second-order valence-electron chi connectivity index (χ2n) is 3.46. The molecule has 0 aliphatic heterocycles. The van der Waals surface area contributed by atoms with E-state index in [2.05, 4.69) is 12.2 Å². The number of carbonyl (C=O) groups excluding carboxylic acids is 1. The molecule has 0 rings (SSSR count). The topological polar surface area (TPSA) is 49.3 Å². The van der Waals surface area contributed by atoms with Gasteiger partial charge in [-0.3, -0.25) is 4.79 Å². The monoisotopic (exact) mass is 187 g/mol. The second kappa shape index (κ2) is 8.05. The lowest BCUT2D eigenvalue weighted by atomic mass is 10.1. The van der Waals surface area contributed by atoms with Crippen LogP contribution in [0, 0.1) is 0 Å². The molecule has 13 heavy (non-hydrogen) atoms. The Bertz CT molecular complexity index is 137. The number of rotatable bonds is 7. The Kier molecular flexibility index (Phi) is 7.69. The third-order valence-corrected chi connectivity index (χ3v) is 1.94. The first-order chi connectivity index (χ1) is 6.20. The number of aliphatic hydroxyl groups excluding tert-OH is 1. The van der Waals surface area contributed by atoms with Crippen molar-refractivity contribution in [3.05, 3.63) is 0 Å². The molecule has 78 valence electrons. The van der Waals surface area contributed by atoms with Crippen molar-refractivity contribution < 1.29 is 9.90 Å². The van der Waals surface area contributed by atoms with Crippen molar-refractivity contribution in [1.82, 2.24) is 5.32 Å². The molecule has 0 fully saturated rings. The van der Waals surface area contributed by atoms with E-state index in [4.69, 9.17) is 5.11 Å². The zero-order chi connectivity index (χ0) is 10.1. The molecule has 0 aromatic rings. The molecule has 0 spiro atoms. The van der Waals surface area contributed by atoms with Crippen LogP contribution in [0.4, 0.5) is 0 Å². The minimum atomic E-state index is -0.112. The van der Waals surface area contributed by atoms with Crippen LogP contribution in [-0.4, -0.2) is 23.7 Å². The molecule has 3 heteroatoms. The molecule has 3 nitrogen and oxygen atoms in total. The third kappa shape index (κ3) is 7.78. The number of amides is 1. The molecule has 0 aliphatic carbocycles. The van der Waals surface area contributed by atoms with Gasteiger partial charge in [0.25, 0.3) is 0 Å². The normalized spacial score (nSPS) is 12.5. The Labute approximate surface area is 80.5 Å². The first-order valence-electron chi connectivity index (χ1n) is 5.11. The summed E-state index contributed by atoms with van der Waals surface area (Å²) in [6, 6.07) is -0.112. The maximum absolute atomic E-state index is 11.2. The van der Waals surface area contributed by atoms with Crippen molar-refractivity contribution >= 4 is 5.91 Å². The standard InChI is InChI=1S/C10H21NO2/c1-3-4-5-6-7-10(13)11-9(2)8-12/h9,12H,3-8H2,1-2H3,(H,11,13)/t9-/m1/s1. The van der Waals surface area contributed by atoms with Gasteiger partial charge in [0.1, 0.15) is 0 Å². The van der Waals surface area contributed by atoms with E-state index in [-0.39, 0.29) is 18.6 Å². The molecular weight excluding hydrogens is 166 g/mol. The van der Waals surface area contributed by atoms with Crippen LogP contribution in [0.3, 0.4) is 0 Å². The maximum Gasteiger partial charge on any atom is 0.220 e. The maximum atomic E-state index is 11.2. The second-order valence-corrected chi connectivity index (χ2v) is 3.46. The minimum Gasteiger partial charge on any atom is -0.394 e. The van der Waals surface area contributed by atoms with Gasteiger partial charge in [0.05, 0.1) is 6.61 Å². The molecule has 2 N–H and O–H groups in total. The fourth-order valence-electron chi connectivity index (χ4n) is 1.10. The Balaban J connectivity index is 3.30. The number of carbonyl (C=O) groups is 1.